The van der Waals surface area contributed by atoms with Crippen LogP contribution in [0.1, 0.15) is 26.7 Å². The number of carbonyl (C=O) groups excluding carboxylic acids is 4. The van der Waals surface area contributed by atoms with Crippen molar-refractivity contribution in [2.24, 2.45) is 11.5 Å². The maximum absolute atomic E-state index is 12.2. The Balaban J connectivity index is 5.08. The number of amides is 4. The van der Waals surface area contributed by atoms with Crippen molar-refractivity contribution in [1.82, 2.24) is 16.0 Å². The van der Waals surface area contributed by atoms with Gasteiger partial charge in [0.2, 0.25) is 23.6 Å². The van der Waals surface area contributed by atoms with Gasteiger partial charge in [0, 0.05) is 6.42 Å². The van der Waals surface area contributed by atoms with E-state index in [9.17, 15) is 29.1 Å². The van der Waals surface area contributed by atoms with Gasteiger partial charge in [-0.15, -0.1) is 0 Å². The van der Waals surface area contributed by atoms with E-state index < -0.39 is 66.5 Å². The molecule has 0 aromatic heterocycles. The Morgan fingerprint density at radius 3 is 1.89 bits per heavy atom. The Morgan fingerprint density at radius 1 is 0.929 bits per heavy atom. The highest BCUT2D eigenvalue weighted by Crippen LogP contribution is 2.01. The third-order valence-corrected chi connectivity index (χ3v) is 3.68. The molecule has 0 radical (unpaired) electrons. The minimum Gasteiger partial charge on any atom is -0.480 e. The van der Waals surface area contributed by atoms with Gasteiger partial charge in [-0.1, -0.05) is 0 Å². The van der Waals surface area contributed by atoms with Gasteiger partial charge in [-0.3, -0.25) is 19.2 Å². The molecule has 13 heteroatoms. The fourth-order valence-corrected chi connectivity index (χ4v) is 1.90. The summed E-state index contributed by atoms with van der Waals surface area (Å²) in [6.07, 6.45) is -1.68. The Kier molecular flexibility index (Phi) is 10.7. The first-order chi connectivity index (χ1) is 12.9. The van der Waals surface area contributed by atoms with Gasteiger partial charge in [-0.25, -0.2) is 4.79 Å². The molecule has 0 saturated carbocycles. The highest BCUT2D eigenvalue weighted by atomic mass is 16.4. The van der Waals surface area contributed by atoms with E-state index in [1.54, 1.807) is 0 Å². The average molecular weight is 405 g/mol. The van der Waals surface area contributed by atoms with Crippen LogP contribution in [0, 0.1) is 0 Å². The van der Waals surface area contributed by atoms with Gasteiger partial charge in [0.25, 0.3) is 0 Å². The van der Waals surface area contributed by atoms with Crippen molar-refractivity contribution in [2.45, 2.75) is 57.0 Å². The van der Waals surface area contributed by atoms with E-state index in [1.807, 2.05) is 5.32 Å². The molecule has 10 N–H and O–H groups in total. The number of rotatable bonds is 12. The average Bonchev–Trinajstić information content (AvgIpc) is 2.60. The summed E-state index contributed by atoms with van der Waals surface area (Å²) >= 11 is 0. The molecule has 0 spiro atoms. The number of hydrogen-bond acceptors (Lipinski definition) is 8. The zero-order valence-corrected chi connectivity index (χ0v) is 15.5. The summed E-state index contributed by atoms with van der Waals surface area (Å²) in [6.45, 7) is 1.69. The molecule has 0 rings (SSSR count). The van der Waals surface area contributed by atoms with Crippen LogP contribution in [0.15, 0.2) is 0 Å². The van der Waals surface area contributed by atoms with Gasteiger partial charge in [-0.05, 0) is 20.3 Å². The fraction of sp³-hybridized carbons (Fsp3) is 0.667. The molecule has 4 amide bonds. The number of nitrogens with one attached hydrogen (secondary N) is 3. The summed E-state index contributed by atoms with van der Waals surface area (Å²) in [5, 5.41) is 33.7. The topological polar surface area (TPSA) is 234 Å². The number of aliphatic hydroxyl groups is 2. The molecule has 0 aromatic carbocycles. The second-order valence-corrected chi connectivity index (χ2v) is 6.14. The molecule has 0 bridgehead atoms. The molecule has 0 aliphatic heterocycles. The van der Waals surface area contributed by atoms with E-state index in [0.717, 1.165) is 0 Å². The number of aliphatic hydroxyl groups excluding tert-OH is 2. The van der Waals surface area contributed by atoms with Gasteiger partial charge in [0.1, 0.15) is 24.2 Å². The van der Waals surface area contributed by atoms with E-state index >= 15 is 0 Å². The molecule has 0 heterocycles. The van der Waals surface area contributed by atoms with Crippen LogP contribution in [0.3, 0.4) is 0 Å². The van der Waals surface area contributed by atoms with Gasteiger partial charge >= 0.3 is 5.97 Å². The Bertz CT molecular complexity index is 597. The third-order valence-electron chi connectivity index (χ3n) is 3.68. The standard InChI is InChI=1S/C15H27N5O8/c1-6(18-14(26)11(17)7(2)22)12(24)19-8(3-4-10(16)23)13(25)20-9(5-21)15(27)28/h6-9,11,21-22H,3-5,17H2,1-2H3,(H2,16,23)(H,18,26)(H,19,24)(H,20,25)(H,27,28). The highest BCUT2D eigenvalue weighted by Gasteiger charge is 2.29. The van der Waals surface area contributed by atoms with Crippen LogP contribution in [0.2, 0.25) is 0 Å². The van der Waals surface area contributed by atoms with Gasteiger partial charge in [0.15, 0.2) is 0 Å². The number of carbonyl (C=O) groups is 5. The van der Waals surface area contributed by atoms with E-state index in [2.05, 4.69) is 10.6 Å². The van der Waals surface area contributed by atoms with E-state index in [0.29, 0.717) is 0 Å². The summed E-state index contributed by atoms with van der Waals surface area (Å²) in [7, 11) is 0. The molecule has 5 unspecified atom stereocenters. The normalized spacial score (nSPS) is 16.0. The summed E-state index contributed by atoms with van der Waals surface area (Å²) < 4.78 is 0. The van der Waals surface area contributed by atoms with Crippen LogP contribution in [0.4, 0.5) is 0 Å². The van der Waals surface area contributed by atoms with Crippen LogP contribution in [-0.4, -0.2) is 81.8 Å². The van der Waals surface area contributed by atoms with Crippen molar-refractivity contribution < 1.29 is 39.3 Å². The van der Waals surface area contributed by atoms with Crippen LogP contribution in [0.25, 0.3) is 0 Å². The molecular formula is C15H27N5O8. The van der Waals surface area contributed by atoms with E-state index in [1.165, 1.54) is 13.8 Å². The first-order valence-electron chi connectivity index (χ1n) is 8.37. The minimum absolute atomic E-state index is 0.238. The molecule has 0 saturated heterocycles. The number of aliphatic carboxylic acids is 1. The first kappa shape index (κ1) is 25.2. The Labute approximate surface area is 160 Å². The fourth-order valence-electron chi connectivity index (χ4n) is 1.90. The summed E-state index contributed by atoms with van der Waals surface area (Å²) in [4.78, 5) is 58.1. The lowest BCUT2D eigenvalue weighted by molar-refractivity contribution is -0.143. The van der Waals surface area contributed by atoms with Crippen LogP contribution in [-0.2, 0) is 24.0 Å². The van der Waals surface area contributed by atoms with Gasteiger partial charge in [0.05, 0.1) is 12.7 Å². The predicted molar refractivity (Wildman–Crippen MR) is 94.3 cm³/mol. The number of hydrogen-bond donors (Lipinski definition) is 8. The lowest BCUT2D eigenvalue weighted by Crippen LogP contribution is -2.57. The summed E-state index contributed by atoms with van der Waals surface area (Å²) in [5.41, 5.74) is 10.5. The third kappa shape index (κ3) is 8.75. The van der Waals surface area contributed by atoms with E-state index in [4.69, 9.17) is 21.7 Å². The minimum atomic E-state index is -1.61. The summed E-state index contributed by atoms with van der Waals surface area (Å²) in [6, 6.07) is -5.39. The van der Waals surface area contributed by atoms with Crippen LogP contribution < -0.4 is 27.4 Å². The van der Waals surface area contributed by atoms with Crippen molar-refractivity contribution in [2.75, 3.05) is 6.61 Å². The zero-order chi connectivity index (χ0) is 22.0. The molecule has 13 nitrogen and oxygen atoms in total. The number of carboxylic acids is 1. The van der Waals surface area contributed by atoms with Crippen molar-refractivity contribution in [3.8, 4) is 0 Å². The van der Waals surface area contributed by atoms with Gasteiger partial charge in [-0.2, -0.15) is 0 Å². The van der Waals surface area contributed by atoms with Crippen LogP contribution >= 0.6 is 0 Å². The van der Waals surface area contributed by atoms with Crippen molar-refractivity contribution in [3.05, 3.63) is 0 Å². The Morgan fingerprint density at radius 2 is 1.46 bits per heavy atom. The predicted octanol–water partition coefficient (Wildman–Crippen LogP) is -4.49. The second-order valence-electron chi connectivity index (χ2n) is 6.14. The van der Waals surface area contributed by atoms with E-state index in [-0.39, 0.29) is 12.8 Å². The maximum atomic E-state index is 12.2. The maximum Gasteiger partial charge on any atom is 0.328 e. The lowest BCUT2D eigenvalue weighted by Gasteiger charge is -2.23. The van der Waals surface area contributed by atoms with Gasteiger partial charge < -0.3 is 42.7 Å². The SMILES string of the molecule is CC(NC(=O)C(N)C(C)O)C(=O)NC(CCC(N)=O)C(=O)NC(CO)C(=O)O. The largest absolute Gasteiger partial charge is 0.480 e. The smallest absolute Gasteiger partial charge is 0.328 e. The van der Waals surface area contributed by atoms with Crippen molar-refractivity contribution >= 4 is 29.6 Å². The number of carboxylic acid groups (broad SMARTS) is 1. The lowest BCUT2D eigenvalue weighted by atomic mass is 10.1. The molecule has 160 valence electrons. The highest BCUT2D eigenvalue weighted by molar-refractivity contribution is 5.94. The molecule has 0 aliphatic carbocycles. The molecule has 5 atom stereocenters. The Hall–Kier alpha value is -2.77. The molecule has 0 aromatic rings. The number of primary amides is 1. The molecular weight excluding hydrogens is 378 g/mol. The molecule has 0 aliphatic rings. The number of nitrogens with two attached hydrogens (primary N) is 2. The molecule has 28 heavy (non-hydrogen) atoms. The quantitative estimate of drug-likeness (QED) is 0.156. The molecule has 0 fully saturated rings. The zero-order valence-electron chi connectivity index (χ0n) is 15.5. The summed E-state index contributed by atoms with van der Waals surface area (Å²) in [5.74, 6) is -4.85. The second kappa shape index (κ2) is 11.8. The first-order valence-corrected chi connectivity index (χ1v) is 8.37. The van der Waals surface area contributed by atoms with Crippen molar-refractivity contribution in [3.63, 3.8) is 0 Å². The van der Waals surface area contributed by atoms with Crippen LogP contribution in [0.5, 0.6) is 0 Å². The monoisotopic (exact) mass is 405 g/mol. The van der Waals surface area contributed by atoms with Crippen molar-refractivity contribution in [1.29, 1.82) is 0 Å².